The summed E-state index contributed by atoms with van der Waals surface area (Å²) < 4.78 is 5.04. The van der Waals surface area contributed by atoms with E-state index in [9.17, 15) is 4.79 Å². The minimum Gasteiger partial charge on any atom is -0.469 e. The Morgan fingerprint density at radius 2 is 2.46 bits per heavy atom. The summed E-state index contributed by atoms with van der Waals surface area (Å²) in [5.74, 6) is 0.622. The van der Waals surface area contributed by atoms with Gasteiger partial charge < -0.3 is 4.42 Å². The van der Waals surface area contributed by atoms with Crippen molar-refractivity contribution in [1.29, 1.82) is 0 Å². The zero-order chi connectivity index (χ0) is 9.26. The fourth-order valence-electron chi connectivity index (χ4n) is 1.31. The van der Waals surface area contributed by atoms with E-state index < -0.39 is 0 Å². The van der Waals surface area contributed by atoms with Crippen LogP contribution in [-0.2, 0) is 4.84 Å². The summed E-state index contributed by atoms with van der Waals surface area (Å²) >= 11 is 0. The zero-order valence-electron chi connectivity index (χ0n) is 7.45. The summed E-state index contributed by atoms with van der Waals surface area (Å²) in [6, 6.07) is 1.71. The van der Waals surface area contributed by atoms with Crippen LogP contribution in [0, 0.1) is 6.92 Å². The molecule has 4 nitrogen and oxygen atoms in total. The predicted molar refractivity (Wildman–Crippen MR) is 45.1 cm³/mol. The summed E-state index contributed by atoms with van der Waals surface area (Å²) in [5, 5.41) is 1.38. The minimum absolute atomic E-state index is 0.116. The van der Waals surface area contributed by atoms with E-state index >= 15 is 0 Å². The van der Waals surface area contributed by atoms with Crippen molar-refractivity contribution in [3.63, 3.8) is 0 Å². The molecule has 1 saturated heterocycles. The molecule has 1 aliphatic heterocycles. The molecule has 0 aliphatic carbocycles. The van der Waals surface area contributed by atoms with E-state index in [0.29, 0.717) is 18.7 Å². The van der Waals surface area contributed by atoms with E-state index in [2.05, 4.69) is 0 Å². The third kappa shape index (κ3) is 1.58. The maximum atomic E-state index is 11.6. The second kappa shape index (κ2) is 3.22. The van der Waals surface area contributed by atoms with E-state index in [1.807, 2.05) is 6.92 Å². The molecule has 1 aliphatic rings. The largest absolute Gasteiger partial charge is 0.469 e. The highest BCUT2D eigenvalue weighted by molar-refractivity contribution is 5.93. The van der Waals surface area contributed by atoms with Crippen molar-refractivity contribution in [3.05, 3.63) is 23.7 Å². The molecule has 1 amide bonds. The summed E-state index contributed by atoms with van der Waals surface area (Å²) in [5.41, 5.74) is 0.555. The van der Waals surface area contributed by atoms with Crippen LogP contribution >= 0.6 is 0 Å². The van der Waals surface area contributed by atoms with Crippen molar-refractivity contribution in [3.8, 4) is 0 Å². The van der Waals surface area contributed by atoms with E-state index in [4.69, 9.17) is 9.25 Å². The molecule has 13 heavy (non-hydrogen) atoms. The van der Waals surface area contributed by atoms with Gasteiger partial charge in [-0.1, -0.05) is 0 Å². The van der Waals surface area contributed by atoms with Crippen LogP contribution in [0.3, 0.4) is 0 Å². The lowest BCUT2D eigenvalue weighted by atomic mass is 10.3. The molecule has 1 fully saturated rings. The topological polar surface area (TPSA) is 42.7 Å². The maximum Gasteiger partial charge on any atom is 0.280 e. The van der Waals surface area contributed by atoms with Gasteiger partial charge in [0, 0.05) is 0 Å². The molecule has 1 aromatic rings. The molecule has 0 N–H and O–H groups in total. The number of aryl methyl sites for hydroxylation is 1. The van der Waals surface area contributed by atoms with Crippen LogP contribution in [0.1, 0.15) is 22.5 Å². The van der Waals surface area contributed by atoms with Gasteiger partial charge in [0.05, 0.1) is 18.7 Å². The van der Waals surface area contributed by atoms with Crippen molar-refractivity contribution in [2.24, 2.45) is 0 Å². The Morgan fingerprint density at radius 3 is 3.00 bits per heavy atom. The smallest absolute Gasteiger partial charge is 0.280 e. The molecule has 0 bridgehead atoms. The second-order valence-electron chi connectivity index (χ2n) is 3.04. The average molecular weight is 181 g/mol. The molecule has 0 radical (unpaired) electrons. The minimum atomic E-state index is -0.116. The second-order valence-corrected chi connectivity index (χ2v) is 3.04. The lowest BCUT2D eigenvalue weighted by Crippen LogP contribution is -2.25. The number of hydrogen-bond donors (Lipinski definition) is 0. The monoisotopic (exact) mass is 181 g/mol. The van der Waals surface area contributed by atoms with Crippen molar-refractivity contribution in [2.75, 3.05) is 13.2 Å². The first kappa shape index (κ1) is 8.31. The third-order valence-corrected chi connectivity index (χ3v) is 1.96. The lowest BCUT2D eigenvalue weighted by Gasteiger charge is -2.11. The summed E-state index contributed by atoms with van der Waals surface area (Å²) in [6.45, 7) is 3.10. The van der Waals surface area contributed by atoms with Crippen LogP contribution in [0.2, 0.25) is 0 Å². The molecule has 4 heteroatoms. The van der Waals surface area contributed by atoms with Crippen LogP contribution in [0.25, 0.3) is 0 Å². The van der Waals surface area contributed by atoms with Crippen molar-refractivity contribution in [1.82, 2.24) is 5.06 Å². The molecular weight excluding hydrogens is 170 g/mol. The van der Waals surface area contributed by atoms with E-state index in [-0.39, 0.29) is 5.91 Å². The van der Waals surface area contributed by atoms with E-state index in [1.54, 1.807) is 6.07 Å². The Balaban J connectivity index is 2.12. The maximum absolute atomic E-state index is 11.6. The normalized spacial score (nSPS) is 16.5. The summed E-state index contributed by atoms with van der Waals surface area (Å²) in [7, 11) is 0. The highest BCUT2D eigenvalue weighted by Crippen LogP contribution is 2.13. The SMILES string of the molecule is Cc1cc(C(=O)N2CCCO2)co1. The molecule has 0 atom stereocenters. The highest BCUT2D eigenvalue weighted by atomic mass is 16.7. The molecule has 1 aromatic heterocycles. The quantitative estimate of drug-likeness (QED) is 0.657. The first-order valence-electron chi connectivity index (χ1n) is 4.27. The highest BCUT2D eigenvalue weighted by Gasteiger charge is 2.21. The predicted octanol–water partition coefficient (Wildman–Crippen LogP) is 1.37. The first-order valence-corrected chi connectivity index (χ1v) is 4.27. The Hall–Kier alpha value is -1.29. The van der Waals surface area contributed by atoms with Gasteiger partial charge in [0.1, 0.15) is 12.0 Å². The summed E-state index contributed by atoms with van der Waals surface area (Å²) in [6.07, 6.45) is 2.36. The van der Waals surface area contributed by atoms with E-state index in [0.717, 1.165) is 12.2 Å². The molecule has 0 saturated carbocycles. The fraction of sp³-hybridized carbons (Fsp3) is 0.444. The summed E-state index contributed by atoms with van der Waals surface area (Å²) in [4.78, 5) is 16.7. The Kier molecular flexibility index (Phi) is 2.06. The number of rotatable bonds is 1. The number of carbonyl (C=O) groups is 1. The number of nitrogens with zero attached hydrogens (tertiary/aromatic N) is 1. The van der Waals surface area contributed by atoms with Crippen LogP contribution in [-0.4, -0.2) is 24.1 Å². The number of carbonyl (C=O) groups excluding carboxylic acids is 1. The molecule has 70 valence electrons. The van der Waals surface area contributed by atoms with Crippen molar-refractivity contribution in [2.45, 2.75) is 13.3 Å². The van der Waals surface area contributed by atoms with Gasteiger partial charge in [-0.05, 0) is 19.4 Å². The van der Waals surface area contributed by atoms with Gasteiger partial charge in [0.15, 0.2) is 0 Å². The average Bonchev–Trinajstić information content (AvgIpc) is 2.72. The number of hydroxylamine groups is 2. The Labute approximate surface area is 76.0 Å². The first-order chi connectivity index (χ1) is 6.27. The van der Waals surface area contributed by atoms with Gasteiger partial charge >= 0.3 is 0 Å². The van der Waals surface area contributed by atoms with Crippen LogP contribution in [0.4, 0.5) is 0 Å². The fourth-order valence-corrected chi connectivity index (χ4v) is 1.31. The van der Waals surface area contributed by atoms with Gasteiger partial charge in [0.25, 0.3) is 5.91 Å². The third-order valence-electron chi connectivity index (χ3n) is 1.96. The zero-order valence-corrected chi connectivity index (χ0v) is 7.45. The van der Waals surface area contributed by atoms with Gasteiger partial charge in [-0.15, -0.1) is 0 Å². The van der Waals surface area contributed by atoms with E-state index in [1.165, 1.54) is 11.3 Å². The number of hydrogen-bond acceptors (Lipinski definition) is 3. The molecule has 2 heterocycles. The Morgan fingerprint density at radius 1 is 1.62 bits per heavy atom. The standard InChI is InChI=1S/C9H11NO3/c1-7-5-8(6-12-7)9(11)10-3-2-4-13-10/h5-6H,2-4H2,1H3. The molecule has 0 spiro atoms. The van der Waals surface area contributed by atoms with Gasteiger partial charge in [-0.3, -0.25) is 9.63 Å². The van der Waals surface area contributed by atoms with Gasteiger partial charge in [0.2, 0.25) is 0 Å². The molecule has 2 rings (SSSR count). The number of furan rings is 1. The molecular formula is C9H11NO3. The van der Waals surface area contributed by atoms with Crippen LogP contribution < -0.4 is 0 Å². The van der Waals surface area contributed by atoms with Gasteiger partial charge in [-0.25, -0.2) is 5.06 Å². The van der Waals surface area contributed by atoms with Crippen LogP contribution in [0.15, 0.2) is 16.7 Å². The molecule has 0 aromatic carbocycles. The lowest BCUT2D eigenvalue weighted by molar-refractivity contribution is -0.0768. The van der Waals surface area contributed by atoms with Gasteiger partial charge in [-0.2, -0.15) is 0 Å². The van der Waals surface area contributed by atoms with Crippen LogP contribution in [0.5, 0.6) is 0 Å². The van der Waals surface area contributed by atoms with Crippen molar-refractivity contribution < 1.29 is 14.0 Å². The number of amides is 1. The Bertz CT molecular complexity index is 312. The molecule has 0 unspecified atom stereocenters. The van der Waals surface area contributed by atoms with Crippen molar-refractivity contribution >= 4 is 5.91 Å².